The predicted molar refractivity (Wildman–Crippen MR) is 329 cm³/mol. The van der Waals surface area contributed by atoms with E-state index in [9.17, 15) is 33.7 Å². The highest BCUT2D eigenvalue weighted by atomic mass is 32.2. The summed E-state index contributed by atoms with van der Waals surface area (Å²) in [5, 5.41) is 0. The second kappa shape index (κ2) is 24.7. The monoisotopic (exact) mass is 1240 g/mol. The summed E-state index contributed by atoms with van der Waals surface area (Å²) in [6.45, 7) is 7.70. The number of sulfonamides is 4. The first-order valence-electron chi connectivity index (χ1n) is 27.8. The van der Waals surface area contributed by atoms with Crippen LogP contribution in [0.4, 0.5) is 22.7 Å². The summed E-state index contributed by atoms with van der Waals surface area (Å²) >= 11 is 0. The van der Waals surface area contributed by atoms with Crippen LogP contribution >= 0.6 is 0 Å². The van der Waals surface area contributed by atoms with Crippen LogP contribution in [0.3, 0.4) is 0 Å². The lowest BCUT2D eigenvalue weighted by atomic mass is 9.90. The van der Waals surface area contributed by atoms with Crippen molar-refractivity contribution in [1.29, 1.82) is 0 Å². The van der Waals surface area contributed by atoms with E-state index in [0.717, 1.165) is 22.3 Å². The second-order valence-electron chi connectivity index (χ2n) is 21.5. The zero-order valence-corrected chi connectivity index (χ0v) is 51.0. The second-order valence-corrected chi connectivity index (χ2v) is 28.2. The van der Waals surface area contributed by atoms with Gasteiger partial charge in [0.1, 0.15) is 49.4 Å². The van der Waals surface area contributed by atoms with Gasteiger partial charge in [-0.2, -0.15) is 0 Å². The Bertz CT molecular complexity index is 3680. The van der Waals surface area contributed by atoms with E-state index in [1.165, 1.54) is 48.5 Å². The molecule has 448 valence electrons. The van der Waals surface area contributed by atoms with E-state index in [4.69, 9.17) is 28.4 Å². The Morgan fingerprint density at radius 3 is 0.616 bits per heavy atom. The maximum absolute atomic E-state index is 14.4. The lowest BCUT2D eigenvalue weighted by Gasteiger charge is -2.26. The van der Waals surface area contributed by atoms with Crippen molar-refractivity contribution in [3.05, 3.63) is 212 Å². The minimum atomic E-state index is -4.25. The third-order valence-corrected chi connectivity index (χ3v) is 20.3. The van der Waals surface area contributed by atoms with Crippen molar-refractivity contribution in [2.45, 2.75) is 73.0 Å². The molecule has 0 fully saturated rings. The van der Waals surface area contributed by atoms with Crippen LogP contribution in [-0.4, -0.2) is 86.5 Å². The van der Waals surface area contributed by atoms with Gasteiger partial charge in [-0.15, -0.1) is 0 Å². The molecule has 8 aromatic carbocycles. The number of rotatable bonds is 12. The standard InChI is InChI=1S/C64H64N4O14S4/c1-41-5-13-57(14-6-41)83(69,70)65-53-33-45-29-47-35-54(66-84(71,72)58-15-7-42(2)8-16-58)37-49-31-51-39-56(68-86(75,76)60-19-11-44(4)12-20-60)40-52-32-50-38-55(67-85(73,74)59-17-9-43(3)10-18-59)36-48(63(50)81-27-23-78-22-26-80-62(47)49)30-46(34-53)61(45)79-25-21-77-24-28-82-64(51)52/h5-20,33-40,65-68H,21-32H2,1-4H3. The van der Waals surface area contributed by atoms with E-state index in [2.05, 4.69) is 18.9 Å². The third-order valence-electron chi connectivity index (χ3n) is 14.7. The zero-order chi connectivity index (χ0) is 60.4. The predicted octanol–water partition coefficient (Wildman–Crippen LogP) is 10.4. The van der Waals surface area contributed by atoms with Crippen molar-refractivity contribution in [1.82, 2.24) is 0 Å². The molecular weight excluding hydrogens is 1180 g/mol. The zero-order valence-electron chi connectivity index (χ0n) is 47.7. The fourth-order valence-corrected chi connectivity index (χ4v) is 14.8. The summed E-state index contributed by atoms with van der Waals surface area (Å²) in [7, 11) is -17.0. The number of anilines is 4. The van der Waals surface area contributed by atoms with E-state index in [-0.39, 0.29) is 121 Å². The molecule has 0 radical (unpaired) electrons. The first kappa shape index (κ1) is 59.6. The Hall–Kier alpha value is -8.12. The Balaban J connectivity index is 1.21. The van der Waals surface area contributed by atoms with Crippen LogP contribution in [0, 0.1) is 27.7 Å². The van der Waals surface area contributed by atoms with Gasteiger partial charge in [0, 0.05) is 92.9 Å². The molecule has 1 aliphatic carbocycles. The summed E-state index contributed by atoms with van der Waals surface area (Å²) in [5.41, 5.74) is 7.59. The van der Waals surface area contributed by atoms with Gasteiger partial charge in [0.25, 0.3) is 40.1 Å². The molecule has 0 unspecified atom stereocenters. The smallest absolute Gasteiger partial charge is 0.261 e. The Labute approximate surface area is 502 Å². The average Bonchev–Trinajstić information content (AvgIpc) is 0.958. The normalized spacial score (nSPS) is 14.8. The molecule has 0 atom stereocenters. The molecule has 0 saturated carbocycles. The molecule has 8 aromatic rings. The van der Waals surface area contributed by atoms with Crippen molar-refractivity contribution in [2.24, 2.45) is 0 Å². The number of nitrogens with one attached hydrogen (secondary N) is 4. The summed E-state index contributed by atoms with van der Waals surface area (Å²) in [4.78, 5) is 0.0433. The highest BCUT2D eigenvalue weighted by molar-refractivity contribution is 7.93. The summed E-state index contributed by atoms with van der Waals surface area (Å²) in [6.07, 6.45) is -0.268. The molecule has 13 rings (SSSR count). The van der Waals surface area contributed by atoms with E-state index in [1.54, 1.807) is 97.1 Å². The van der Waals surface area contributed by atoms with Gasteiger partial charge in [-0.25, -0.2) is 33.7 Å². The molecule has 0 aromatic heterocycles. The van der Waals surface area contributed by atoms with Crippen LogP contribution in [0.15, 0.2) is 165 Å². The minimum Gasteiger partial charge on any atom is -0.491 e. The summed E-state index contributed by atoms with van der Waals surface area (Å²) in [6, 6.07) is 39.0. The van der Waals surface area contributed by atoms with Gasteiger partial charge in [-0.05, 0) is 125 Å². The number of hydrogen-bond acceptors (Lipinski definition) is 14. The van der Waals surface area contributed by atoms with Crippen molar-refractivity contribution in [2.75, 3.05) is 71.7 Å². The largest absolute Gasteiger partial charge is 0.491 e. The van der Waals surface area contributed by atoms with Crippen LogP contribution in [-0.2, 0) is 75.3 Å². The Morgan fingerprint density at radius 2 is 0.442 bits per heavy atom. The molecule has 0 saturated heterocycles. The van der Waals surface area contributed by atoms with Crippen LogP contribution in [0.5, 0.6) is 23.0 Å². The van der Waals surface area contributed by atoms with Gasteiger partial charge in [0.2, 0.25) is 0 Å². The van der Waals surface area contributed by atoms with Crippen LogP contribution in [0.25, 0.3) is 0 Å². The molecule has 4 N–H and O–H groups in total. The highest BCUT2D eigenvalue weighted by Crippen LogP contribution is 2.44. The lowest BCUT2D eigenvalue weighted by molar-refractivity contribution is 0.0744. The molecule has 22 heteroatoms. The van der Waals surface area contributed by atoms with Gasteiger partial charge in [-0.3, -0.25) is 18.9 Å². The van der Waals surface area contributed by atoms with Gasteiger partial charge < -0.3 is 28.4 Å². The van der Waals surface area contributed by atoms with E-state index in [0.29, 0.717) is 67.5 Å². The topological polar surface area (TPSA) is 240 Å². The fourth-order valence-electron chi connectivity index (χ4n) is 10.6. The Kier molecular flexibility index (Phi) is 17.1. The molecule has 0 spiro atoms. The summed E-state index contributed by atoms with van der Waals surface area (Å²) in [5.74, 6) is 1.30. The van der Waals surface area contributed by atoms with Gasteiger partial charge in [0.05, 0.1) is 46.0 Å². The SMILES string of the molecule is Cc1ccc(S(=O)(=O)Nc2cc3c4c(c2)Cc2cc(NS(=O)(=O)c5ccc(C)cc5)cc5c2OCCOCCOc2c(cc(NS(=O)(=O)c6ccc(C)cc6)cc2Cc2cc(NS(=O)(=O)c6ccc(C)cc6)cc(c2OCCOCCO4)C5)C3)cc1. The molecule has 4 aliphatic heterocycles. The molecule has 86 heavy (non-hydrogen) atoms. The van der Waals surface area contributed by atoms with Crippen molar-refractivity contribution < 1.29 is 62.1 Å². The molecule has 5 aliphatic rings. The molecule has 18 nitrogen and oxygen atoms in total. The van der Waals surface area contributed by atoms with Crippen molar-refractivity contribution >= 4 is 62.8 Å². The van der Waals surface area contributed by atoms with Gasteiger partial charge in [-0.1, -0.05) is 70.8 Å². The molecule has 0 amide bonds. The van der Waals surface area contributed by atoms with Crippen LogP contribution < -0.4 is 37.8 Å². The fraction of sp³-hybridized carbons (Fsp3) is 0.250. The van der Waals surface area contributed by atoms with Crippen molar-refractivity contribution in [3.8, 4) is 23.0 Å². The number of fused-ring (bicyclic) bond motifs is 12. The van der Waals surface area contributed by atoms with Crippen LogP contribution in [0.2, 0.25) is 0 Å². The van der Waals surface area contributed by atoms with Crippen molar-refractivity contribution in [3.63, 3.8) is 0 Å². The average molecular weight is 1240 g/mol. The number of ether oxygens (including phenoxy) is 6. The highest BCUT2D eigenvalue weighted by Gasteiger charge is 2.29. The molecular formula is C64H64N4O14S4. The lowest BCUT2D eigenvalue weighted by Crippen LogP contribution is -2.19. The van der Waals surface area contributed by atoms with E-state index >= 15 is 0 Å². The number of benzene rings is 8. The molecule has 4 heterocycles. The van der Waals surface area contributed by atoms with Gasteiger partial charge in [0.15, 0.2) is 0 Å². The van der Waals surface area contributed by atoms with E-state index in [1.807, 2.05) is 27.7 Å². The first-order chi connectivity index (χ1) is 41.1. The maximum Gasteiger partial charge on any atom is 0.261 e. The quantitative estimate of drug-likeness (QED) is 0.0833. The summed E-state index contributed by atoms with van der Waals surface area (Å²) < 4.78 is 166. The third kappa shape index (κ3) is 13.8. The molecule has 12 bridgehead atoms. The van der Waals surface area contributed by atoms with Gasteiger partial charge >= 0.3 is 0 Å². The Morgan fingerprint density at radius 1 is 0.267 bits per heavy atom. The minimum absolute atomic E-state index is 0.00586. The van der Waals surface area contributed by atoms with Crippen LogP contribution in [0.1, 0.15) is 66.8 Å². The number of hydrogen-bond donors (Lipinski definition) is 4. The first-order valence-corrected chi connectivity index (χ1v) is 33.8. The van der Waals surface area contributed by atoms with E-state index < -0.39 is 40.1 Å². The maximum atomic E-state index is 14.4. The number of aryl methyl sites for hydroxylation is 4.